The monoisotopic (exact) mass is 451 g/mol. The highest BCUT2D eigenvalue weighted by molar-refractivity contribution is 7.18. The molecule has 4 N–H and O–H groups in total. The van der Waals surface area contributed by atoms with Crippen molar-refractivity contribution in [1.82, 2.24) is 15.2 Å². The highest BCUT2D eigenvalue weighted by Crippen LogP contribution is 2.37. The number of nitrogens with two attached hydrogens (primary N) is 1. The van der Waals surface area contributed by atoms with Crippen molar-refractivity contribution in [3.63, 3.8) is 0 Å². The SMILES string of the molecule is CC(C)Nc1ccc(-c2nnc(-c3cc(F)c(OC[C@@H](N)[C@H](C)O)cc3Cl)s2)cn1. The number of hydrogen-bond acceptors (Lipinski definition) is 8. The summed E-state index contributed by atoms with van der Waals surface area (Å²) in [4.78, 5) is 4.36. The standard InChI is InChI=1S/C20H23ClFN5O2S/c1-10(2)25-18-5-4-12(8-24-18)19-26-27-20(30-19)13-6-15(22)17(7-14(13)21)29-9-16(23)11(3)28/h4-8,10-11,16,28H,9,23H2,1-3H3,(H,24,25)/t11-,16+/m0/s1. The van der Waals surface area contributed by atoms with E-state index in [9.17, 15) is 9.50 Å². The topological polar surface area (TPSA) is 106 Å². The molecule has 0 unspecified atom stereocenters. The van der Waals surface area contributed by atoms with Crippen molar-refractivity contribution in [2.24, 2.45) is 5.73 Å². The fourth-order valence-electron chi connectivity index (χ4n) is 2.48. The molecular formula is C20H23ClFN5O2S. The van der Waals surface area contributed by atoms with Gasteiger partial charge in [0.2, 0.25) is 0 Å². The molecule has 0 saturated heterocycles. The van der Waals surface area contributed by atoms with Gasteiger partial charge in [-0.05, 0) is 39.0 Å². The zero-order valence-electron chi connectivity index (χ0n) is 16.8. The van der Waals surface area contributed by atoms with E-state index in [-0.39, 0.29) is 23.4 Å². The van der Waals surface area contributed by atoms with Gasteiger partial charge in [0.15, 0.2) is 11.6 Å². The lowest BCUT2D eigenvalue weighted by Gasteiger charge is -2.16. The van der Waals surface area contributed by atoms with E-state index in [2.05, 4.69) is 20.5 Å². The van der Waals surface area contributed by atoms with Gasteiger partial charge >= 0.3 is 0 Å². The molecule has 3 rings (SSSR count). The van der Waals surface area contributed by atoms with Crippen molar-refractivity contribution in [1.29, 1.82) is 0 Å². The lowest BCUT2D eigenvalue weighted by atomic mass is 10.2. The molecule has 0 aliphatic heterocycles. The second-order valence-electron chi connectivity index (χ2n) is 7.12. The first-order valence-corrected chi connectivity index (χ1v) is 10.6. The molecule has 1 aromatic carbocycles. The average Bonchev–Trinajstić information content (AvgIpc) is 3.18. The summed E-state index contributed by atoms with van der Waals surface area (Å²) in [5.74, 6) is 0.131. The smallest absolute Gasteiger partial charge is 0.165 e. The third kappa shape index (κ3) is 5.42. The molecule has 0 amide bonds. The van der Waals surface area contributed by atoms with E-state index in [0.717, 1.165) is 11.4 Å². The van der Waals surface area contributed by atoms with Crippen LogP contribution in [0.5, 0.6) is 5.75 Å². The molecule has 0 saturated carbocycles. The van der Waals surface area contributed by atoms with Crippen LogP contribution in [0.3, 0.4) is 0 Å². The molecule has 0 spiro atoms. The van der Waals surface area contributed by atoms with Gasteiger partial charge in [-0.25, -0.2) is 9.37 Å². The van der Waals surface area contributed by atoms with Crippen LogP contribution in [-0.4, -0.2) is 45.1 Å². The first-order valence-electron chi connectivity index (χ1n) is 9.37. The quantitative estimate of drug-likeness (QED) is 0.475. The summed E-state index contributed by atoms with van der Waals surface area (Å²) in [5, 5.41) is 22.4. The van der Waals surface area contributed by atoms with E-state index in [1.54, 1.807) is 6.20 Å². The molecule has 7 nitrogen and oxygen atoms in total. The van der Waals surface area contributed by atoms with Crippen molar-refractivity contribution in [3.8, 4) is 26.9 Å². The Hall–Kier alpha value is -2.33. The van der Waals surface area contributed by atoms with Gasteiger partial charge in [0.25, 0.3) is 0 Å². The van der Waals surface area contributed by atoms with Crippen LogP contribution in [0.25, 0.3) is 21.1 Å². The number of pyridine rings is 1. The van der Waals surface area contributed by atoms with Crippen LogP contribution in [-0.2, 0) is 0 Å². The van der Waals surface area contributed by atoms with Gasteiger partial charge in [0.1, 0.15) is 22.4 Å². The number of aliphatic hydroxyl groups is 1. The highest BCUT2D eigenvalue weighted by Gasteiger charge is 2.17. The maximum absolute atomic E-state index is 14.5. The Balaban J connectivity index is 1.78. The van der Waals surface area contributed by atoms with Crippen molar-refractivity contribution < 1.29 is 14.2 Å². The molecule has 2 heterocycles. The number of ether oxygens (including phenoxy) is 1. The van der Waals surface area contributed by atoms with Crippen molar-refractivity contribution >= 4 is 28.8 Å². The number of aromatic nitrogens is 3. The molecule has 0 bridgehead atoms. The number of halogens is 2. The summed E-state index contributed by atoms with van der Waals surface area (Å²) in [6.07, 6.45) is 0.937. The number of aliphatic hydroxyl groups excluding tert-OH is 1. The summed E-state index contributed by atoms with van der Waals surface area (Å²) in [5.41, 5.74) is 6.92. The summed E-state index contributed by atoms with van der Waals surface area (Å²) in [6, 6.07) is 6.03. The van der Waals surface area contributed by atoms with Crippen LogP contribution in [0.15, 0.2) is 30.5 Å². The minimum Gasteiger partial charge on any atom is -0.489 e. The molecule has 2 aromatic heterocycles. The minimum atomic E-state index is -0.771. The van der Waals surface area contributed by atoms with Crippen LogP contribution >= 0.6 is 22.9 Å². The highest BCUT2D eigenvalue weighted by atomic mass is 35.5. The third-order valence-electron chi connectivity index (χ3n) is 4.17. The summed E-state index contributed by atoms with van der Waals surface area (Å²) in [7, 11) is 0. The summed E-state index contributed by atoms with van der Waals surface area (Å²) < 4.78 is 19.9. The maximum Gasteiger partial charge on any atom is 0.165 e. The number of nitrogens with one attached hydrogen (secondary N) is 1. The molecule has 160 valence electrons. The Morgan fingerprint density at radius 2 is 1.97 bits per heavy atom. The summed E-state index contributed by atoms with van der Waals surface area (Å²) >= 11 is 7.61. The first kappa shape index (κ1) is 22.4. The molecule has 0 aliphatic carbocycles. The Morgan fingerprint density at radius 1 is 1.23 bits per heavy atom. The third-order valence-corrected chi connectivity index (χ3v) is 5.49. The molecular weight excluding hydrogens is 429 g/mol. The zero-order valence-corrected chi connectivity index (χ0v) is 18.3. The van der Waals surface area contributed by atoms with Crippen molar-refractivity contribution in [3.05, 3.63) is 41.3 Å². The van der Waals surface area contributed by atoms with Gasteiger partial charge in [-0.1, -0.05) is 22.9 Å². The fourth-order valence-corrected chi connectivity index (χ4v) is 3.64. The average molecular weight is 452 g/mol. The van der Waals surface area contributed by atoms with Gasteiger partial charge in [-0.3, -0.25) is 0 Å². The molecule has 0 aliphatic rings. The molecule has 0 radical (unpaired) electrons. The molecule has 10 heteroatoms. The van der Waals surface area contributed by atoms with Crippen LogP contribution in [0.1, 0.15) is 20.8 Å². The van der Waals surface area contributed by atoms with Gasteiger partial charge in [-0.2, -0.15) is 0 Å². The van der Waals surface area contributed by atoms with E-state index in [1.807, 2.05) is 26.0 Å². The lowest BCUT2D eigenvalue weighted by Crippen LogP contribution is -2.38. The zero-order chi connectivity index (χ0) is 21.8. The molecule has 2 atom stereocenters. The van der Waals surface area contributed by atoms with Crippen molar-refractivity contribution in [2.75, 3.05) is 11.9 Å². The minimum absolute atomic E-state index is 0.0398. The lowest BCUT2D eigenvalue weighted by molar-refractivity contribution is 0.129. The number of nitrogens with zero attached hydrogens (tertiary/aromatic N) is 3. The normalized spacial score (nSPS) is 13.3. The number of hydrogen-bond donors (Lipinski definition) is 3. The Morgan fingerprint density at radius 3 is 2.60 bits per heavy atom. The number of anilines is 1. The second kappa shape index (κ2) is 9.65. The Labute approximate surface area is 183 Å². The fraction of sp³-hybridized carbons (Fsp3) is 0.350. The first-order chi connectivity index (χ1) is 14.2. The van der Waals surface area contributed by atoms with E-state index in [1.165, 1.54) is 30.4 Å². The van der Waals surface area contributed by atoms with Gasteiger partial charge < -0.3 is 20.9 Å². The van der Waals surface area contributed by atoms with Crippen LogP contribution in [0.4, 0.5) is 10.2 Å². The molecule has 3 aromatic rings. The van der Waals surface area contributed by atoms with Gasteiger partial charge in [0.05, 0.1) is 17.2 Å². The van der Waals surface area contributed by atoms with Crippen LogP contribution < -0.4 is 15.8 Å². The Kier molecular flexibility index (Phi) is 7.19. The van der Waals surface area contributed by atoms with Crippen LogP contribution in [0, 0.1) is 5.82 Å². The predicted molar refractivity (Wildman–Crippen MR) is 117 cm³/mol. The molecule has 0 fully saturated rings. The van der Waals surface area contributed by atoms with Crippen molar-refractivity contribution in [2.45, 2.75) is 39.0 Å². The van der Waals surface area contributed by atoms with Gasteiger partial charge in [0, 0.05) is 29.4 Å². The predicted octanol–water partition coefficient (Wildman–Crippen LogP) is 3.97. The second-order valence-corrected chi connectivity index (χ2v) is 8.51. The van der Waals surface area contributed by atoms with E-state index < -0.39 is 18.0 Å². The maximum atomic E-state index is 14.5. The van der Waals surface area contributed by atoms with E-state index in [0.29, 0.717) is 15.6 Å². The number of rotatable bonds is 8. The number of benzene rings is 1. The van der Waals surface area contributed by atoms with E-state index >= 15 is 0 Å². The largest absolute Gasteiger partial charge is 0.489 e. The van der Waals surface area contributed by atoms with Crippen LogP contribution in [0.2, 0.25) is 5.02 Å². The summed E-state index contributed by atoms with van der Waals surface area (Å²) in [6.45, 7) is 5.57. The van der Waals surface area contributed by atoms with Gasteiger partial charge in [-0.15, -0.1) is 10.2 Å². The van der Waals surface area contributed by atoms with E-state index in [4.69, 9.17) is 22.1 Å². The Bertz CT molecular complexity index is 997. The molecule has 30 heavy (non-hydrogen) atoms.